The summed E-state index contributed by atoms with van der Waals surface area (Å²) in [6.07, 6.45) is 0.0313. The van der Waals surface area contributed by atoms with Crippen LogP contribution < -0.4 is 10.6 Å². The van der Waals surface area contributed by atoms with Crippen LogP contribution in [0.15, 0.2) is 52.7 Å². The van der Waals surface area contributed by atoms with Crippen LogP contribution in [0.2, 0.25) is 0 Å². The summed E-state index contributed by atoms with van der Waals surface area (Å²) in [5.41, 5.74) is 4.14. The van der Waals surface area contributed by atoms with Crippen molar-refractivity contribution in [3.05, 3.63) is 65.0 Å². The van der Waals surface area contributed by atoms with Crippen molar-refractivity contribution in [3.8, 4) is 0 Å². The average Bonchev–Trinajstić information content (AvgIpc) is 3.03. The van der Waals surface area contributed by atoms with Crippen molar-refractivity contribution in [2.75, 3.05) is 5.32 Å². The first-order chi connectivity index (χ1) is 13.8. The molecule has 2 amide bonds. The van der Waals surface area contributed by atoms with E-state index in [1.807, 2.05) is 32.0 Å². The van der Waals surface area contributed by atoms with Crippen LogP contribution in [-0.4, -0.2) is 27.9 Å². The van der Waals surface area contributed by atoms with Gasteiger partial charge in [-0.25, -0.2) is 4.39 Å². The van der Waals surface area contributed by atoms with Gasteiger partial charge in [-0.2, -0.15) is 5.10 Å². The molecule has 0 spiro atoms. The molecule has 1 aliphatic rings. The molecular formula is C21H21FN4O2S. The summed E-state index contributed by atoms with van der Waals surface area (Å²) in [4.78, 5) is 24.5. The fourth-order valence-electron chi connectivity index (χ4n) is 2.71. The molecule has 1 aliphatic heterocycles. The van der Waals surface area contributed by atoms with Crippen LogP contribution in [-0.2, 0) is 9.59 Å². The zero-order chi connectivity index (χ0) is 21.0. The second-order valence-electron chi connectivity index (χ2n) is 6.69. The van der Waals surface area contributed by atoms with Crippen molar-refractivity contribution >= 4 is 40.1 Å². The summed E-state index contributed by atoms with van der Waals surface area (Å²) in [5, 5.41) is 13.4. The molecule has 1 atom stereocenters. The molecule has 8 heteroatoms. The van der Waals surface area contributed by atoms with E-state index in [9.17, 15) is 14.0 Å². The third-order valence-electron chi connectivity index (χ3n) is 4.58. The summed E-state index contributed by atoms with van der Waals surface area (Å²) in [7, 11) is 0. The van der Waals surface area contributed by atoms with Crippen molar-refractivity contribution in [1.29, 1.82) is 0 Å². The van der Waals surface area contributed by atoms with E-state index in [-0.39, 0.29) is 24.1 Å². The highest BCUT2D eigenvalue weighted by molar-refractivity contribution is 8.15. The molecule has 0 aromatic heterocycles. The predicted octanol–water partition coefficient (Wildman–Crippen LogP) is 3.78. The standard InChI is InChI=1S/C21H21FN4O2S/c1-12-5-4-6-17(13(12)2)23-19(27)11-18-20(28)24-21(29-18)26-25-14(3)15-7-9-16(22)10-8-15/h4-10,18H,11H2,1-3H3,(H,23,27)(H,24,26,28)/b25-14-/t18-/m1/s1. The van der Waals surface area contributed by atoms with E-state index < -0.39 is 5.25 Å². The molecule has 0 bridgehead atoms. The minimum absolute atomic E-state index is 0.0313. The van der Waals surface area contributed by atoms with Crippen molar-refractivity contribution in [2.45, 2.75) is 32.4 Å². The summed E-state index contributed by atoms with van der Waals surface area (Å²) < 4.78 is 13.0. The van der Waals surface area contributed by atoms with Crippen molar-refractivity contribution in [1.82, 2.24) is 5.32 Å². The zero-order valence-electron chi connectivity index (χ0n) is 16.3. The Morgan fingerprint density at radius 3 is 2.66 bits per heavy atom. The maximum Gasteiger partial charge on any atom is 0.240 e. The molecular weight excluding hydrogens is 391 g/mol. The molecule has 0 aliphatic carbocycles. The number of rotatable bonds is 5. The van der Waals surface area contributed by atoms with Crippen LogP contribution in [0.3, 0.4) is 0 Å². The average molecular weight is 412 g/mol. The van der Waals surface area contributed by atoms with Crippen LogP contribution in [0, 0.1) is 19.7 Å². The van der Waals surface area contributed by atoms with Crippen LogP contribution in [0.25, 0.3) is 0 Å². The van der Waals surface area contributed by atoms with E-state index in [2.05, 4.69) is 20.8 Å². The maximum atomic E-state index is 13.0. The van der Waals surface area contributed by atoms with Gasteiger partial charge in [0.05, 0.1) is 5.71 Å². The highest BCUT2D eigenvalue weighted by atomic mass is 32.2. The largest absolute Gasteiger partial charge is 0.326 e. The number of halogens is 1. The Hall–Kier alpha value is -3.00. The summed E-state index contributed by atoms with van der Waals surface area (Å²) in [5.74, 6) is -0.841. The minimum Gasteiger partial charge on any atom is -0.326 e. The van der Waals surface area contributed by atoms with Crippen LogP contribution in [0.4, 0.5) is 10.1 Å². The normalized spacial score (nSPS) is 18.1. The molecule has 0 unspecified atom stereocenters. The van der Waals surface area contributed by atoms with E-state index in [0.717, 1.165) is 22.4 Å². The van der Waals surface area contributed by atoms with Gasteiger partial charge < -0.3 is 10.6 Å². The number of hydrogen-bond donors (Lipinski definition) is 2. The SMILES string of the molecule is C/C(=N/N=C1\NC(=O)[C@@H](CC(=O)Nc2cccc(C)c2C)S1)c1ccc(F)cc1. The Morgan fingerprint density at radius 2 is 1.93 bits per heavy atom. The van der Waals surface area contributed by atoms with Gasteiger partial charge >= 0.3 is 0 Å². The number of amides is 2. The van der Waals surface area contributed by atoms with Crippen molar-refractivity contribution < 1.29 is 14.0 Å². The second-order valence-corrected chi connectivity index (χ2v) is 7.88. The summed E-state index contributed by atoms with van der Waals surface area (Å²) >= 11 is 1.17. The van der Waals surface area contributed by atoms with Gasteiger partial charge in [0.15, 0.2) is 5.17 Å². The molecule has 0 radical (unpaired) electrons. The Morgan fingerprint density at radius 1 is 1.21 bits per heavy atom. The molecule has 1 saturated heterocycles. The number of thioether (sulfide) groups is 1. The number of nitrogens with one attached hydrogen (secondary N) is 2. The molecule has 2 aromatic rings. The zero-order valence-corrected chi connectivity index (χ0v) is 17.1. The molecule has 150 valence electrons. The highest BCUT2D eigenvalue weighted by Gasteiger charge is 2.32. The highest BCUT2D eigenvalue weighted by Crippen LogP contribution is 2.24. The van der Waals surface area contributed by atoms with Gasteiger partial charge in [-0.1, -0.05) is 36.0 Å². The number of anilines is 1. The predicted molar refractivity (Wildman–Crippen MR) is 115 cm³/mol. The molecule has 2 aromatic carbocycles. The lowest BCUT2D eigenvalue weighted by molar-refractivity contribution is -0.122. The third-order valence-corrected chi connectivity index (χ3v) is 5.65. The monoisotopic (exact) mass is 412 g/mol. The Labute approximate surface area is 172 Å². The minimum atomic E-state index is -0.569. The molecule has 1 fully saturated rings. The number of hydrogen-bond acceptors (Lipinski definition) is 5. The molecule has 6 nitrogen and oxygen atoms in total. The van der Waals surface area contributed by atoms with Gasteiger partial charge in [-0.3, -0.25) is 9.59 Å². The van der Waals surface area contributed by atoms with E-state index in [1.165, 1.54) is 23.9 Å². The van der Waals surface area contributed by atoms with E-state index in [0.29, 0.717) is 10.9 Å². The second kappa shape index (κ2) is 9.00. The van der Waals surface area contributed by atoms with Gasteiger partial charge in [-0.05, 0) is 55.7 Å². The molecule has 3 rings (SSSR count). The van der Waals surface area contributed by atoms with Crippen molar-refractivity contribution in [2.24, 2.45) is 10.2 Å². The summed E-state index contributed by atoms with van der Waals surface area (Å²) in [6.45, 7) is 5.66. The van der Waals surface area contributed by atoms with E-state index >= 15 is 0 Å². The first-order valence-electron chi connectivity index (χ1n) is 9.05. The lowest BCUT2D eigenvalue weighted by Crippen LogP contribution is -2.28. The number of nitrogens with zero attached hydrogens (tertiary/aromatic N) is 2. The molecule has 2 N–H and O–H groups in total. The molecule has 0 saturated carbocycles. The van der Waals surface area contributed by atoms with Crippen LogP contribution >= 0.6 is 11.8 Å². The topological polar surface area (TPSA) is 82.9 Å². The Bertz CT molecular complexity index is 1000. The third kappa shape index (κ3) is 5.29. The fraction of sp³-hybridized carbons (Fsp3) is 0.238. The molecule has 1 heterocycles. The van der Waals surface area contributed by atoms with Crippen LogP contribution in [0.1, 0.15) is 30.0 Å². The molecule has 29 heavy (non-hydrogen) atoms. The lowest BCUT2D eigenvalue weighted by Gasteiger charge is -2.11. The smallest absolute Gasteiger partial charge is 0.240 e. The number of amidine groups is 1. The first kappa shape index (κ1) is 20.7. The first-order valence-corrected chi connectivity index (χ1v) is 9.93. The van der Waals surface area contributed by atoms with Gasteiger partial charge in [0, 0.05) is 12.1 Å². The van der Waals surface area contributed by atoms with Gasteiger partial charge in [0.2, 0.25) is 11.8 Å². The quantitative estimate of drug-likeness (QED) is 0.579. The number of aryl methyl sites for hydroxylation is 1. The van der Waals surface area contributed by atoms with Gasteiger partial charge in [-0.15, -0.1) is 5.10 Å². The number of carbonyl (C=O) groups is 2. The number of benzene rings is 2. The Balaban J connectivity index is 1.61. The maximum absolute atomic E-state index is 13.0. The van der Waals surface area contributed by atoms with E-state index in [4.69, 9.17) is 0 Å². The number of carbonyl (C=O) groups excluding carboxylic acids is 2. The van der Waals surface area contributed by atoms with Crippen molar-refractivity contribution in [3.63, 3.8) is 0 Å². The fourth-order valence-corrected chi connectivity index (χ4v) is 3.63. The van der Waals surface area contributed by atoms with Gasteiger partial charge in [0.1, 0.15) is 11.1 Å². The Kier molecular flexibility index (Phi) is 6.43. The van der Waals surface area contributed by atoms with Crippen LogP contribution in [0.5, 0.6) is 0 Å². The van der Waals surface area contributed by atoms with Gasteiger partial charge in [0.25, 0.3) is 0 Å². The lowest BCUT2D eigenvalue weighted by atomic mass is 10.1. The van der Waals surface area contributed by atoms with E-state index in [1.54, 1.807) is 19.1 Å². The summed E-state index contributed by atoms with van der Waals surface area (Å²) in [6, 6.07) is 11.6.